The first kappa shape index (κ1) is 13.9. The molecule has 8 heteroatoms. The molecule has 1 aliphatic heterocycles. The van der Waals surface area contributed by atoms with Gasteiger partial charge in [-0.15, -0.1) is 10.8 Å². The Morgan fingerprint density at radius 2 is 2.16 bits per heavy atom. The fraction of sp³-hybridized carbons (Fsp3) is 0.364. The van der Waals surface area contributed by atoms with Crippen LogP contribution in [0.15, 0.2) is 12.1 Å². The zero-order chi connectivity index (χ0) is 14.2. The second-order valence-electron chi connectivity index (χ2n) is 4.20. The van der Waals surface area contributed by atoms with E-state index in [1.165, 1.54) is 12.1 Å². The van der Waals surface area contributed by atoms with Crippen LogP contribution in [0.25, 0.3) is 0 Å². The first-order chi connectivity index (χ1) is 8.86. The number of anilines is 2. The van der Waals surface area contributed by atoms with Crippen molar-refractivity contribution in [3.63, 3.8) is 0 Å². The number of hydrogen-bond acceptors (Lipinski definition) is 5. The van der Waals surface area contributed by atoms with Crippen LogP contribution in [-0.4, -0.2) is 39.5 Å². The molecule has 19 heavy (non-hydrogen) atoms. The van der Waals surface area contributed by atoms with Crippen molar-refractivity contribution in [1.29, 1.82) is 0 Å². The molecule has 1 heterocycles. The molecule has 0 unspecified atom stereocenters. The molecule has 1 aromatic carbocycles. The van der Waals surface area contributed by atoms with Gasteiger partial charge in [-0.05, 0) is 18.6 Å². The minimum Gasteiger partial charge on any atom is -0.478 e. The van der Waals surface area contributed by atoms with Crippen LogP contribution in [0.1, 0.15) is 16.8 Å². The highest BCUT2D eigenvalue weighted by atomic mass is 32.3. The third-order valence-electron chi connectivity index (χ3n) is 2.97. The van der Waals surface area contributed by atoms with E-state index in [1.54, 1.807) is 7.05 Å². The maximum absolute atomic E-state index is 14.2. The van der Waals surface area contributed by atoms with Crippen LogP contribution in [0.2, 0.25) is 0 Å². The molecule has 0 saturated carbocycles. The molecule has 106 valence electrons. The Kier molecular flexibility index (Phi) is 3.57. The van der Waals surface area contributed by atoms with E-state index in [4.69, 9.17) is 5.11 Å². The normalized spacial score (nSPS) is 19.3. The predicted octanol–water partition coefficient (Wildman–Crippen LogP) is 2.44. The van der Waals surface area contributed by atoms with Gasteiger partial charge in [-0.25, -0.2) is 9.18 Å². The third kappa shape index (κ3) is 2.46. The molecule has 2 rings (SSSR count). The topological polar surface area (TPSA) is 93.0 Å². The number of benzene rings is 1. The maximum atomic E-state index is 14.2. The molecule has 0 aliphatic carbocycles. The van der Waals surface area contributed by atoms with Crippen molar-refractivity contribution in [2.75, 3.05) is 29.0 Å². The summed E-state index contributed by atoms with van der Waals surface area (Å²) in [5.74, 6) is -2.18. The van der Waals surface area contributed by atoms with Gasteiger partial charge in [0.05, 0.1) is 17.0 Å². The lowest BCUT2D eigenvalue weighted by atomic mass is 10.1. The van der Waals surface area contributed by atoms with Gasteiger partial charge in [0, 0.05) is 19.3 Å². The summed E-state index contributed by atoms with van der Waals surface area (Å²) in [6, 6.07) is 2.55. The van der Waals surface area contributed by atoms with Gasteiger partial charge in [-0.1, -0.05) is 0 Å². The largest absolute Gasteiger partial charge is 0.478 e. The van der Waals surface area contributed by atoms with E-state index in [1.807, 2.05) is 0 Å². The van der Waals surface area contributed by atoms with Gasteiger partial charge in [-0.3, -0.25) is 13.4 Å². The van der Waals surface area contributed by atoms with E-state index in [9.17, 15) is 18.3 Å². The summed E-state index contributed by atoms with van der Waals surface area (Å²) in [6.45, 7) is 0.283. The Hall–Kier alpha value is -1.51. The Morgan fingerprint density at radius 3 is 2.63 bits per heavy atom. The number of rotatable bonds is 3. The second kappa shape index (κ2) is 4.87. The lowest BCUT2D eigenvalue weighted by Crippen LogP contribution is -2.24. The minimum atomic E-state index is -3.06. The Labute approximate surface area is 111 Å². The van der Waals surface area contributed by atoms with E-state index >= 15 is 0 Å². The zero-order valence-corrected chi connectivity index (χ0v) is 11.1. The standard InChI is InChI=1S/C11H15FN2O4S/c1-13-7-5-8(11(15)16)10(12)9(6-7)14-3-2-4-19(14,17)18/h5-6,13,17-18H,2-4H2,1H3,(H,15,16). The van der Waals surface area contributed by atoms with Crippen molar-refractivity contribution in [2.45, 2.75) is 6.42 Å². The molecule has 0 spiro atoms. The van der Waals surface area contributed by atoms with E-state index in [0.29, 0.717) is 12.1 Å². The molecular weight excluding hydrogens is 275 g/mol. The molecule has 1 saturated heterocycles. The van der Waals surface area contributed by atoms with Crippen LogP contribution < -0.4 is 9.62 Å². The molecule has 0 radical (unpaired) electrons. The summed E-state index contributed by atoms with van der Waals surface area (Å²) in [4.78, 5) is 11.0. The summed E-state index contributed by atoms with van der Waals surface area (Å²) in [5, 5.41) is 11.7. The Morgan fingerprint density at radius 1 is 1.47 bits per heavy atom. The van der Waals surface area contributed by atoms with E-state index < -0.39 is 28.1 Å². The number of halogens is 1. The summed E-state index contributed by atoms with van der Waals surface area (Å²) < 4.78 is 35.0. The molecule has 1 aliphatic rings. The van der Waals surface area contributed by atoms with Gasteiger partial charge < -0.3 is 10.4 Å². The number of hydrogen-bond donors (Lipinski definition) is 4. The lowest BCUT2D eigenvalue weighted by Gasteiger charge is -2.38. The highest BCUT2D eigenvalue weighted by Gasteiger charge is 2.32. The zero-order valence-electron chi connectivity index (χ0n) is 10.3. The summed E-state index contributed by atoms with van der Waals surface area (Å²) in [6.07, 6.45) is 0.522. The van der Waals surface area contributed by atoms with Crippen LogP contribution in [0.4, 0.5) is 15.8 Å². The fourth-order valence-electron chi connectivity index (χ4n) is 2.03. The van der Waals surface area contributed by atoms with Gasteiger partial charge in [0.2, 0.25) is 0 Å². The summed E-state index contributed by atoms with van der Waals surface area (Å²) in [5.41, 5.74) is -0.193. The summed E-state index contributed by atoms with van der Waals surface area (Å²) >= 11 is 0. The first-order valence-corrected chi connectivity index (χ1v) is 7.32. The van der Waals surface area contributed by atoms with Gasteiger partial charge >= 0.3 is 5.97 Å². The number of aromatic carboxylic acids is 1. The number of carboxylic acids is 1. The third-order valence-corrected chi connectivity index (χ3v) is 4.90. The molecule has 4 N–H and O–H groups in total. The maximum Gasteiger partial charge on any atom is 0.338 e. The molecule has 1 fully saturated rings. The van der Waals surface area contributed by atoms with Crippen molar-refractivity contribution in [3.8, 4) is 0 Å². The van der Waals surface area contributed by atoms with Crippen LogP contribution in [-0.2, 0) is 0 Å². The van der Waals surface area contributed by atoms with Crippen LogP contribution in [0, 0.1) is 5.82 Å². The smallest absolute Gasteiger partial charge is 0.338 e. The van der Waals surface area contributed by atoms with Crippen LogP contribution >= 0.6 is 10.8 Å². The van der Waals surface area contributed by atoms with Crippen molar-refractivity contribution in [1.82, 2.24) is 0 Å². The van der Waals surface area contributed by atoms with E-state index in [0.717, 1.165) is 4.31 Å². The van der Waals surface area contributed by atoms with Crippen LogP contribution in [0.3, 0.4) is 0 Å². The second-order valence-corrected chi connectivity index (χ2v) is 6.32. The quantitative estimate of drug-likeness (QED) is 0.683. The fourth-order valence-corrected chi connectivity index (χ4v) is 3.63. The highest BCUT2D eigenvalue weighted by molar-refractivity contribution is 8.25. The first-order valence-electron chi connectivity index (χ1n) is 5.65. The van der Waals surface area contributed by atoms with Crippen molar-refractivity contribution in [3.05, 3.63) is 23.5 Å². The number of nitrogens with one attached hydrogen (secondary N) is 1. The van der Waals surface area contributed by atoms with Crippen molar-refractivity contribution < 1.29 is 23.4 Å². The Bertz CT molecular complexity index is 524. The summed E-state index contributed by atoms with van der Waals surface area (Å²) in [7, 11) is -1.48. The predicted molar refractivity (Wildman–Crippen MR) is 72.6 cm³/mol. The number of nitrogens with zero attached hydrogens (tertiary/aromatic N) is 1. The molecule has 6 nitrogen and oxygen atoms in total. The minimum absolute atomic E-state index is 0.0956. The van der Waals surface area contributed by atoms with Gasteiger partial charge in [0.25, 0.3) is 0 Å². The van der Waals surface area contributed by atoms with Gasteiger partial charge in [-0.2, -0.15) is 0 Å². The van der Waals surface area contributed by atoms with Crippen LogP contribution in [0.5, 0.6) is 0 Å². The molecule has 0 atom stereocenters. The monoisotopic (exact) mass is 290 g/mol. The van der Waals surface area contributed by atoms with Gasteiger partial charge in [0.1, 0.15) is 0 Å². The number of carboxylic acid groups (broad SMARTS) is 1. The lowest BCUT2D eigenvalue weighted by molar-refractivity contribution is 0.0692. The molecule has 1 aromatic rings. The average Bonchev–Trinajstić information content (AvgIpc) is 2.69. The highest BCUT2D eigenvalue weighted by Crippen LogP contribution is 2.52. The SMILES string of the molecule is CNc1cc(C(=O)O)c(F)c(N2CCCS2(O)O)c1. The number of carbonyl (C=O) groups is 1. The van der Waals surface area contributed by atoms with Crippen molar-refractivity contribution >= 4 is 28.1 Å². The Balaban J connectivity index is 2.56. The molecular formula is C11H15FN2O4S. The van der Waals surface area contributed by atoms with Crippen molar-refractivity contribution in [2.24, 2.45) is 0 Å². The molecule has 0 bridgehead atoms. The molecule has 0 aromatic heterocycles. The van der Waals surface area contributed by atoms with E-state index in [2.05, 4.69) is 5.32 Å². The average molecular weight is 290 g/mol. The van der Waals surface area contributed by atoms with E-state index in [-0.39, 0.29) is 18.0 Å². The van der Waals surface area contributed by atoms with Gasteiger partial charge in [0.15, 0.2) is 5.82 Å². The molecule has 0 amide bonds.